The van der Waals surface area contributed by atoms with Crippen LogP contribution in [0.25, 0.3) is 11.1 Å². The van der Waals surface area contributed by atoms with E-state index in [9.17, 15) is 31.1 Å². The summed E-state index contributed by atoms with van der Waals surface area (Å²) in [6, 6.07) is 9.37. The topological polar surface area (TPSA) is 42.4 Å². The summed E-state index contributed by atoms with van der Waals surface area (Å²) in [6.45, 7) is 0.0899. The molecule has 1 aliphatic rings. The molecule has 1 aliphatic heterocycles. The molecule has 4 rings (SSSR count). The summed E-state index contributed by atoms with van der Waals surface area (Å²) in [4.78, 5) is 18.6. The maximum Gasteiger partial charge on any atom is 0.416 e. The normalized spacial score (nSPS) is 14.5. The molecule has 1 amide bonds. The van der Waals surface area contributed by atoms with Crippen molar-refractivity contribution in [2.75, 3.05) is 13.2 Å². The Labute approximate surface area is 201 Å². The Hall–Kier alpha value is -3.27. The molecule has 184 valence electrons. The second-order valence-electron chi connectivity index (χ2n) is 7.87. The van der Waals surface area contributed by atoms with Crippen LogP contribution < -0.4 is 4.74 Å². The molecule has 2 heterocycles. The predicted octanol–water partition coefficient (Wildman–Crippen LogP) is 6.86. The average molecular weight is 515 g/mol. The van der Waals surface area contributed by atoms with Gasteiger partial charge < -0.3 is 9.64 Å². The molecular formula is C24H17ClF6N2O2. The van der Waals surface area contributed by atoms with Gasteiger partial charge >= 0.3 is 12.4 Å². The van der Waals surface area contributed by atoms with Crippen molar-refractivity contribution in [3.8, 4) is 17.0 Å². The van der Waals surface area contributed by atoms with Gasteiger partial charge in [-0.3, -0.25) is 4.79 Å². The zero-order chi connectivity index (χ0) is 25.4. The molecule has 35 heavy (non-hydrogen) atoms. The van der Waals surface area contributed by atoms with Gasteiger partial charge in [0.25, 0.3) is 5.91 Å². The number of fused-ring (bicyclic) bond motifs is 1. The first-order chi connectivity index (χ1) is 16.4. The minimum atomic E-state index is -5.06. The average Bonchev–Trinajstić information content (AvgIpc) is 2.78. The Morgan fingerprint density at radius 1 is 0.943 bits per heavy atom. The van der Waals surface area contributed by atoms with E-state index in [2.05, 4.69) is 4.98 Å². The van der Waals surface area contributed by atoms with E-state index >= 15 is 0 Å². The lowest BCUT2D eigenvalue weighted by molar-refractivity contribution is -0.143. The van der Waals surface area contributed by atoms with Gasteiger partial charge in [0.1, 0.15) is 0 Å². The van der Waals surface area contributed by atoms with Crippen LogP contribution in [0.1, 0.15) is 33.5 Å². The van der Waals surface area contributed by atoms with E-state index in [-0.39, 0.29) is 31.6 Å². The number of ether oxygens (including phenoxy) is 1. The van der Waals surface area contributed by atoms with E-state index in [1.165, 1.54) is 11.1 Å². The summed E-state index contributed by atoms with van der Waals surface area (Å²) in [6.07, 6.45) is -8.29. The maximum absolute atomic E-state index is 13.3. The zero-order valence-corrected chi connectivity index (χ0v) is 18.6. The molecule has 0 aliphatic carbocycles. The van der Waals surface area contributed by atoms with Gasteiger partial charge in [-0.1, -0.05) is 23.7 Å². The third kappa shape index (κ3) is 5.53. The summed E-state index contributed by atoms with van der Waals surface area (Å²) in [5.74, 6) is -0.727. The molecule has 1 aromatic heterocycles. The summed E-state index contributed by atoms with van der Waals surface area (Å²) in [5.41, 5.74) is -1.95. The lowest BCUT2D eigenvalue weighted by Crippen LogP contribution is -2.34. The SMILES string of the molecule is O=C(c1cc(C(F)(F)F)cc(C(F)(F)F)c1)N1CCCOc2nccc(-c3ccc(Cl)cc3)c2C1. The molecule has 0 saturated heterocycles. The van der Waals surface area contributed by atoms with Crippen molar-refractivity contribution in [1.29, 1.82) is 0 Å². The molecule has 0 N–H and O–H groups in total. The molecule has 0 unspecified atom stereocenters. The fourth-order valence-electron chi connectivity index (χ4n) is 3.78. The first kappa shape index (κ1) is 24.8. The van der Waals surface area contributed by atoms with Gasteiger partial charge in [0.2, 0.25) is 5.88 Å². The monoisotopic (exact) mass is 514 g/mol. The highest BCUT2D eigenvalue weighted by molar-refractivity contribution is 6.30. The second-order valence-corrected chi connectivity index (χ2v) is 8.31. The smallest absolute Gasteiger partial charge is 0.416 e. The third-order valence-electron chi connectivity index (χ3n) is 5.45. The van der Waals surface area contributed by atoms with Crippen molar-refractivity contribution in [3.63, 3.8) is 0 Å². The van der Waals surface area contributed by atoms with Crippen LogP contribution in [0.2, 0.25) is 5.02 Å². The Balaban J connectivity index is 1.76. The molecule has 11 heteroatoms. The van der Waals surface area contributed by atoms with E-state index in [0.29, 0.717) is 34.7 Å². The quantitative estimate of drug-likeness (QED) is 0.351. The fourth-order valence-corrected chi connectivity index (χ4v) is 3.90. The van der Waals surface area contributed by atoms with Gasteiger partial charge in [-0.05, 0) is 53.9 Å². The van der Waals surface area contributed by atoms with Crippen LogP contribution in [0, 0.1) is 0 Å². The van der Waals surface area contributed by atoms with Crippen molar-refractivity contribution < 1.29 is 35.9 Å². The van der Waals surface area contributed by atoms with Crippen molar-refractivity contribution >= 4 is 17.5 Å². The number of benzene rings is 2. The molecule has 3 aromatic rings. The molecule has 0 bridgehead atoms. The van der Waals surface area contributed by atoms with Gasteiger partial charge in [0.05, 0.1) is 24.3 Å². The van der Waals surface area contributed by atoms with E-state index in [1.54, 1.807) is 30.3 Å². The van der Waals surface area contributed by atoms with Crippen LogP contribution in [0.5, 0.6) is 5.88 Å². The molecule has 0 fully saturated rings. The number of carbonyl (C=O) groups excluding carboxylic acids is 1. The van der Waals surface area contributed by atoms with Crippen LogP contribution >= 0.6 is 11.6 Å². The highest BCUT2D eigenvalue weighted by atomic mass is 35.5. The van der Waals surface area contributed by atoms with Gasteiger partial charge in [0, 0.05) is 28.9 Å². The number of hydrogen-bond acceptors (Lipinski definition) is 3. The Morgan fingerprint density at radius 2 is 1.57 bits per heavy atom. The predicted molar refractivity (Wildman–Crippen MR) is 116 cm³/mol. The number of hydrogen-bond donors (Lipinski definition) is 0. The van der Waals surface area contributed by atoms with Crippen molar-refractivity contribution in [3.05, 3.63) is 82.0 Å². The van der Waals surface area contributed by atoms with Crippen molar-refractivity contribution in [1.82, 2.24) is 9.88 Å². The minimum Gasteiger partial charge on any atom is -0.477 e. The molecular weight excluding hydrogens is 498 g/mol. The van der Waals surface area contributed by atoms with Crippen molar-refractivity contribution in [2.45, 2.75) is 25.3 Å². The van der Waals surface area contributed by atoms with Gasteiger partial charge in [-0.15, -0.1) is 0 Å². The number of alkyl halides is 6. The van der Waals surface area contributed by atoms with Gasteiger partial charge in [-0.2, -0.15) is 26.3 Å². The summed E-state index contributed by atoms with van der Waals surface area (Å²) in [5, 5.41) is 0.503. The lowest BCUT2D eigenvalue weighted by atomic mass is 9.99. The fraction of sp³-hybridized carbons (Fsp3) is 0.250. The van der Waals surface area contributed by atoms with Crippen molar-refractivity contribution in [2.24, 2.45) is 0 Å². The zero-order valence-electron chi connectivity index (χ0n) is 17.9. The Kier molecular flexibility index (Phi) is 6.68. The second kappa shape index (κ2) is 9.41. The molecule has 4 nitrogen and oxygen atoms in total. The molecule has 0 spiro atoms. The van der Waals surface area contributed by atoms with Crippen LogP contribution in [-0.2, 0) is 18.9 Å². The highest BCUT2D eigenvalue weighted by Gasteiger charge is 2.38. The summed E-state index contributed by atoms with van der Waals surface area (Å²) >= 11 is 5.96. The number of halogens is 7. The number of carbonyl (C=O) groups is 1. The largest absolute Gasteiger partial charge is 0.477 e. The van der Waals surface area contributed by atoms with E-state index in [1.807, 2.05) is 0 Å². The molecule has 0 saturated carbocycles. The standard InChI is InChI=1S/C24H17ClF6N2O2/c25-18-4-2-14(3-5-18)19-6-7-32-21-20(19)13-33(8-1-9-35-21)22(34)15-10-16(23(26,27)28)12-17(11-15)24(29,30)31/h2-7,10-12H,1,8-9,13H2. The van der Waals surface area contributed by atoms with Crippen LogP contribution in [0.4, 0.5) is 26.3 Å². The first-order valence-electron chi connectivity index (χ1n) is 10.4. The summed E-state index contributed by atoms with van der Waals surface area (Å²) in [7, 11) is 0. The van der Waals surface area contributed by atoms with Crippen LogP contribution in [0.3, 0.4) is 0 Å². The minimum absolute atomic E-state index is 0.00402. The van der Waals surface area contributed by atoms with E-state index in [4.69, 9.17) is 16.3 Å². The molecule has 0 atom stereocenters. The maximum atomic E-state index is 13.3. The number of nitrogens with zero attached hydrogens (tertiary/aromatic N) is 2. The third-order valence-corrected chi connectivity index (χ3v) is 5.71. The van der Waals surface area contributed by atoms with E-state index < -0.39 is 35.0 Å². The Bertz CT molecular complexity index is 1210. The number of pyridine rings is 1. The van der Waals surface area contributed by atoms with Crippen LogP contribution in [-0.4, -0.2) is 28.9 Å². The van der Waals surface area contributed by atoms with Gasteiger partial charge in [0.15, 0.2) is 0 Å². The molecule has 0 radical (unpaired) electrons. The number of aromatic nitrogens is 1. The molecule has 2 aromatic carbocycles. The van der Waals surface area contributed by atoms with Crippen LogP contribution in [0.15, 0.2) is 54.7 Å². The lowest BCUT2D eigenvalue weighted by Gasteiger charge is -2.28. The highest BCUT2D eigenvalue weighted by Crippen LogP contribution is 2.37. The first-order valence-corrected chi connectivity index (χ1v) is 10.8. The number of amides is 1. The van der Waals surface area contributed by atoms with E-state index in [0.717, 1.165) is 5.56 Å². The summed E-state index contributed by atoms with van der Waals surface area (Å²) < 4.78 is 85.5. The van der Waals surface area contributed by atoms with Gasteiger partial charge in [-0.25, -0.2) is 4.98 Å². The number of rotatable bonds is 2. The Morgan fingerprint density at radius 3 is 2.17 bits per heavy atom.